The van der Waals surface area contributed by atoms with E-state index in [9.17, 15) is 5.11 Å². The third kappa shape index (κ3) is 9.54. The number of aliphatic imine (C=N–C) groups is 1. The Morgan fingerprint density at radius 3 is 2.75 bits per heavy atom. The fraction of sp³-hybridized carbons (Fsp3) is 0.667. The standard InChI is InChI=1S/C21H36N4O2.HI/c1-3-22-21(23-12-7-8-14-27-4-2)24-15-20(26)17-25-13-11-18-9-5-6-10-19(18)16-25;/h5-6,9-10,20,26H,3-4,7-8,11-17H2,1-2H3,(H2,22,23,24);1H. The second kappa shape index (κ2) is 15.0. The number of aliphatic hydroxyl groups excluding tert-OH is 1. The van der Waals surface area contributed by atoms with Gasteiger partial charge in [-0.05, 0) is 44.2 Å². The second-order valence-electron chi connectivity index (χ2n) is 6.96. The molecule has 1 aromatic rings. The summed E-state index contributed by atoms with van der Waals surface area (Å²) in [6, 6.07) is 8.58. The quantitative estimate of drug-likeness (QED) is 0.187. The number of unbranched alkanes of at least 4 members (excludes halogenated alkanes) is 1. The van der Waals surface area contributed by atoms with Gasteiger partial charge in [-0.2, -0.15) is 0 Å². The molecule has 3 N–H and O–H groups in total. The summed E-state index contributed by atoms with van der Waals surface area (Å²) in [7, 11) is 0. The Morgan fingerprint density at radius 2 is 2.00 bits per heavy atom. The van der Waals surface area contributed by atoms with Crippen LogP contribution in [0.2, 0.25) is 0 Å². The van der Waals surface area contributed by atoms with Crippen molar-refractivity contribution in [2.45, 2.75) is 45.8 Å². The molecule has 1 aromatic carbocycles. The van der Waals surface area contributed by atoms with E-state index < -0.39 is 6.10 Å². The Bertz CT molecular complexity index is 571. The molecule has 0 bridgehead atoms. The second-order valence-corrected chi connectivity index (χ2v) is 6.96. The van der Waals surface area contributed by atoms with E-state index in [1.165, 1.54) is 11.1 Å². The van der Waals surface area contributed by atoms with Crippen molar-refractivity contribution < 1.29 is 9.84 Å². The van der Waals surface area contributed by atoms with E-state index in [-0.39, 0.29) is 24.0 Å². The van der Waals surface area contributed by atoms with Crippen LogP contribution in [0.4, 0.5) is 0 Å². The minimum Gasteiger partial charge on any atom is -0.390 e. The lowest BCUT2D eigenvalue weighted by Gasteiger charge is -2.30. The summed E-state index contributed by atoms with van der Waals surface area (Å²) < 4.78 is 5.35. The number of halogens is 1. The Kier molecular flexibility index (Phi) is 13.5. The molecule has 1 atom stereocenters. The number of nitrogens with one attached hydrogen (secondary N) is 2. The molecule has 6 nitrogen and oxygen atoms in total. The number of fused-ring (bicyclic) bond motifs is 1. The van der Waals surface area contributed by atoms with Gasteiger partial charge in [-0.15, -0.1) is 24.0 Å². The fourth-order valence-corrected chi connectivity index (χ4v) is 3.28. The number of nitrogens with zero attached hydrogens (tertiary/aromatic N) is 2. The van der Waals surface area contributed by atoms with Crippen LogP contribution < -0.4 is 10.6 Å². The number of benzene rings is 1. The van der Waals surface area contributed by atoms with Crippen LogP contribution in [0.3, 0.4) is 0 Å². The number of β-amino-alcohol motifs (C(OH)–C–C–N with tert-alkyl or cyclic N) is 1. The summed E-state index contributed by atoms with van der Waals surface area (Å²) in [4.78, 5) is 6.86. The highest BCUT2D eigenvalue weighted by Gasteiger charge is 2.18. The number of ether oxygens (including phenoxy) is 1. The maximum Gasteiger partial charge on any atom is 0.191 e. The predicted molar refractivity (Wildman–Crippen MR) is 127 cm³/mol. The lowest BCUT2D eigenvalue weighted by molar-refractivity contribution is 0.111. The number of hydrogen-bond acceptors (Lipinski definition) is 4. The van der Waals surface area contributed by atoms with Crippen molar-refractivity contribution in [2.75, 3.05) is 45.9 Å². The minimum absolute atomic E-state index is 0. The van der Waals surface area contributed by atoms with E-state index in [0.717, 1.165) is 64.6 Å². The van der Waals surface area contributed by atoms with Crippen molar-refractivity contribution >= 4 is 29.9 Å². The largest absolute Gasteiger partial charge is 0.390 e. The lowest BCUT2D eigenvalue weighted by Crippen LogP contribution is -2.40. The molecular weight excluding hydrogens is 467 g/mol. The molecule has 0 saturated heterocycles. The van der Waals surface area contributed by atoms with Gasteiger partial charge in [0.05, 0.1) is 12.6 Å². The molecule has 0 saturated carbocycles. The molecule has 0 aromatic heterocycles. The van der Waals surface area contributed by atoms with Crippen molar-refractivity contribution in [2.24, 2.45) is 4.99 Å². The molecule has 1 heterocycles. The smallest absolute Gasteiger partial charge is 0.191 e. The SMILES string of the molecule is CCNC(=NCC(O)CN1CCc2ccccc2C1)NCCCCOCC.I. The molecule has 0 fully saturated rings. The Balaban J connectivity index is 0.00000392. The summed E-state index contributed by atoms with van der Waals surface area (Å²) in [5.41, 5.74) is 2.81. The van der Waals surface area contributed by atoms with Gasteiger partial charge in [0, 0.05) is 45.9 Å². The topological polar surface area (TPSA) is 69.1 Å². The lowest BCUT2D eigenvalue weighted by atomic mass is 10.00. The molecule has 160 valence electrons. The van der Waals surface area contributed by atoms with Crippen LogP contribution in [0.15, 0.2) is 29.3 Å². The van der Waals surface area contributed by atoms with Crippen molar-refractivity contribution in [1.82, 2.24) is 15.5 Å². The van der Waals surface area contributed by atoms with E-state index in [1.54, 1.807) is 0 Å². The van der Waals surface area contributed by atoms with Crippen LogP contribution in [-0.2, 0) is 17.7 Å². The zero-order chi connectivity index (χ0) is 19.3. The van der Waals surface area contributed by atoms with Crippen molar-refractivity contribution in [3.63, 3.8) is 0 Å². The van der Waals surface area contributed by atoms with Gasteiger partial charge in [0.2, 0.25) is 0 Å². The summed E-state index contributed by atoms with van der Waals surface area (Å²) >= 11 is 0. The van der Waals surface area contributed by atoms with Crippen LogP contribution in [0.5, 0.6) is 0 Å². The maximum absolute atomic E-state index is 10.4. The molecule has 0 spiro atoms. The van der Waals surface area contributed by atoms with Crippen LogP contribution >= 0.6 is 24.0 Å². The monoisotopic (exact) mass is 504 g/mol. The van der Waals surface area contributed by atoms with Crippen molar-refractivity contribution in [3.05, 3.63) is 35.4 Å². The molecular formula is C21H37IN4O2. The van der Waals surface area contributed by atoms with Crippen LogP contribution in [0, 0.1) is 0 Å². The minimum atomic E-state index is -0.455. The van der Waals surface area contributed by atoms with E-state index in [1.807, 2.05) is 13.8 Å². The van der Waals surface area contributed by atoms with Gasteiger partial charge in [-0.25, -0.2) is 0 Å². The average molecular weight is 504 g/mol. The highest BCUT2D eigenvalue weighted by atomic mass is 127. The van der Waals surface area contributed by atoms with E-state index in [4.69, 9.17) is 4.74 Å². The Labute approximate surface area is 187 Å². The summed E-state index contributed by atoms with van der Waals surface area (Å²) in [6.07, 6.45) is 2.68. The highest BCUT2D eigenvalue weighted by Crippen LogP contribution is 2.18. The zero-order valence-corrected chi connectivity index (χ0v) is 19.7. The van der Waals surface area contributed by atoms with Gasteiger partial charge in [-0.1, -0.05) is 24.3 Å². The van der Waals surface area contributed by atoms with Gasteiger partial charge in [0.15, 0.2) is 5.96 Å². The summed E-state index contributed by atoms with van der Waals surface area (Å²) in [5.74, 6) is 0.775. The van der Waals surface area contributed by atoms with Gasteiger partial charge in [0.25, 0.3) is 0 Å². The first-order valence-corrected chi connectivity index (χ1v) is 10.3. The molecule has 2 rings (SSSR count). The number of hydrogen-bond donors (Lipinski definition) is 3. The van der Waals surface area contributed by atoms with E-state index in [0.29, 0.717) is 13.1 Å². The molecule has 0 radical (unpaired) electrons. The number of guanidine groups is 1. The molecule has 1 aliphatic heterocycles. The van der Waals surface area contributed by atoms with Crippen LogP contribution in [0.1, 0.15) is 37.8 Å². The van der Waals surface area contributed by atoms with Gasteiger partial charge >= 0.3 is 0 Å². The van der Waals surface area contributed by atoms with Gasteiger partial charge in [0.1, 0.15) is 0 Å². The average Bonchev–Trinajstić information content (AvgIpc) is 2.68. The summed E-state index contributed by atoms with van der Waals surface area (Å²) in [6.45, 7) is 10.3. The Hall–Kier alpha value is -0.900. The first-order valence-electron chi connectivity index (χ1n) is 10.3. The van der Waals surface area contributed by atoms with Crippen LogP contribution in [0.25, 0.3) is 0 Å². The van der Waals surface area contributed by atoms with E-state index in [2.05, 4.69) is 44.8 Å². The predicted octanol–water partition coefficient (Wildman–Crippen LogP) is 2.40. The molecule has 1 unspecified atom stereocenters. The van der Waals surface area contributed by atoms with Crippen molar-refractivity contribution in [3.8, 4) is 0 Å². The first-order chi connectivity index (χ1) is 13.2. The summed E-state index contributed by atoms with van der Waals surface area (Å²) in [5, 5.41) is 17.0. The molecule has 0 aliphatic carbocycles. The maximum atomic E-state index is 10.4. The first kappa shape index (κ1) is 25.1. The third-order valence-corrected chi connectivity index (χ3v) is 4.70. The molecule has 28 heavy (non-hydrogen) atoms. The normalized spacial score (nSPS) is 15.5. The fourth-order valence-electron chi connectivity index (χ4n) is 3.28. The van der Waals surface area contributed by atoms with Gasteiger partial charge in [-0.3, -0.25) is 9.89 Å². The molecule has 1 aliphatic rings. The molecule has 0 amide bonds. The van der Waals surface area contributed by atoms with Gasteiger partial charge < -0.3 is 20.5 Å². The molecule has 7 heteroatoms. The Morgan fingerprint density at radius 1 is 1.21 bits per heavy atom. The highest BCUT2D eigenvalue weighted by molar-refractivity contribution is 14.0. The van der Waals surface area contributed by atoms with E-state index >= 15 is 0 Å². The third-order valence-electron chi connectivity index (χ3n) is 4.70. The number of rotatable bonds is 11. The number of aliphatic hydroxyl groups is 1. The van der Waals surface area contributed by atoms with Crippen LogP contribution in [-0.4, -0.2) is 68.0 Å². The zero-order valence-electron chi connectivity index (χ0n) is 17.3. The van der Waals surface area contributed by atoms with Crippen molar-refractivity contribution in [1.29, 1.82) is 0 Å².